The number of aromatic nitrogens is 1. The fourth-order valence-electron chi connectivity index (χ4n) is 2.84. The van der Waals surface area contributed by atoms with Gasteiger partial charge in [0.05, 0.1) is 10.7 Å². The third kappa shape index (κ3) is 2.54. The summed E-state index contributed by atoms with van der Waals surface area (Å²) < 4.78 is 0. The molecule has 1 aromatic heterocycles. The van der Waals surface area contributed by atoms with Crippen LogP contribution in [-0.2, 0) is 0 Å². The van der Waals surface area contributed by atoms with E-state index in [4.69, 9.17) is 4.98 Å². The number of piperidine rings is 1. The normalized spacial score (nSPS) is 27.7. The minimum absolute atomic E-state index is 0.672. The predicted octanol–water partition coefficient (Wildman–Crippen LogP) is 2.03. The van der Waals surface area contributed by atoms with Gasteiger partial charge in [-0.1, -0.05) is 0 Å². The largest absolute Gasteiger partial charge is 0.316 e. The van der Waals surface area contributed by atoms with E-state index >= 15 is 0 Å². The highest BCUT2D eigenvalue weighted by molar-refractivity contribution is 7.09. The van der Waals surface area contributed by atoms with Gasteiger partial charge in [0, 0.05) is 23.8 Å². The highest BCUT2D eigenvalue weighted by Gasteiger charge is 2.24. The standard InChI is InChI=1S/C13H21N3S/c1-16-6-3-10(4-7-16)13-15-12(9-17-13)11-2-5-14-8-11/h9-11,14H,2-8H2,1H3. The van der Waals surface area contributed by atoms with Crippen LogP contribution in [0.2, 0.25) is 0 Å². The Morgan fingerprint density at radius 1 is 1.29 bits per heavy atom. The molecule has 0 bridgehead atoms. The second kappa shape index (κ2) is 5.04. The van der Waals surface area contributed by atoms with E-state index < -0.39 is 0 Å². The fraction of sp³-hybridized carbons (Fsp3) is 0.769. The Hall–Kier alpha value is -0.450. The van der Waals surface area contributed by atoms with Crippen molar-refractivity contribution in [2.75, 3.05) is 33.2 Å². The molecule has 94 valence electrons. The molecule has 2 aliphatic heterocycles. The van der Waals surface area contributed by atoms with Crippen LogP contribution in [0, 0.1) is 0 Å². The smallest absolute Gasteiger partial charge is 0.0960 e. The number of likely N-dealkylation sites (tertiary alicyclic amines) is 1. The van der Waals surface area contributed by atoms with Crippen LogP contribution < -0.4 is 5.32 Å². The maximum Gasteiger partial charge on any atom is 0.0960 e. The van der Waals surface area contributed by atoms with E-state index in [1.54, 1.807) is 0 Å². The molecule has 2 aliphatic rings. The first kappa shape index (κ1) is 11.6. The van der Waals surface area contributed by atoms with Crippen LogP contribution in [-0.4, -0.2) is 43.1 Å². The van der Waals surface area contributed by atoms with E-state index in [0.29, 0.717) is 5.92 Å². The molecule has 1 unspecified atom stereocenters. The quantitative estimate of drug-likeness (QED) is 0.872. The molecule has 3 heterocycles. The Morgan fingerprint density at radius 3 is 2.82 bits per heavy atom. The molecular weight excluding hydrogens is 230 g/mol. The zero-order chi connectivity index (χ0) is 11.7. The summed E-state index contributed by atoms with van der Waals surface area (Å²) in [5.74, 6) is 1.39. The van der Waals surface area contributed by atoms with E-state index in [2.05, 4.69) is 22.6 Å². The highest BCUT2D eigenvalue weighted by atomic mass is 32.1. The van der Waals surface area contributed by atoms with E-state index in [0.717, 1.165) is 19.0 Å². The van der Waals surface area contributed by atoms with Crippen molar-refractivity contribution in [3.05, 3.63) is 16.1 Å². The molecule has 17 heavy (non-hydrogen) atoms. The maximum absolute atomic E-state index is 4.90. The van der Waals surface area contributed by atoms with Gasteiger partial charge in [-0.15, -0.1) is 11.3 Å². The Labute approximate surface area is 107 Å². The van der Waals surface area contributed by atoms with Crippen molar-refractivity contribution >= 4 is 11.3 Å². The van der Waals surface area contributed by atoms with E-state index in [1.165, 1.54) is 43.1 Å². The molecule has 1 N–H and O–H groups in total. The Bertz CT molecular complexity index is 362. The molecule has 1 atom stereocenters. The number of rotatable bonds is 2. The first-order valence-electron chi connectivity index (χ1n) is 6.67. The van der Waals surface area contributed by atoms with Crippen LogP contribution in [0.3, 0.4) is 0 Å². The molecule has 2 saturated heterocycles. The molecule has 0 aliphatic carbocycles. The van der Waals surface area contributed by atoms with Crippen LogP contribution in [0.15, 0.2) is 5.38 Å². The summed E-state index contributed by atoms with van der Waals surface area (Å²) in [5.41, 5.74) is 1.34. The molecule has 0 aromatic carbocycles. The van der Waals surface area contributed by atoms with Crippen LogP contribution in [0.4, 0.5) is 0 Å². The molecular formula is C13H21N3S. The first-order valence-corrected chi connectivity index (χ1v) is 7.55. The average molecular weight is 251 g/mol. The van der Waals surface area contributed by atoms with E-state index in [1.807, 2.05) is 11.3 Å². The SMILES string of the molecule is CN1CCC(c2nc(C3CCNC3)cs2)CC1. The van der Waals surface area contributed by atoms with Gasteiger partial charge in [0.25, 0.3) is 0 Å². The lowest BCUT2D eigenvalue weighted by Crippen LogP contribution is -2.29. The van der Waals surface area contributed by atoms with Gasteiger partial charge in [0.15, 0.2) is 0 Å². The van der Waals surface area contributed by atoms with E-state index in [9.17, 15) is 0 Å². The number of nitrogens with zero attached hydrogens (tertiary/aromatic N) is 2. The lowest BCUT2D eigenvalue weighted by molar-refractivity contribution is 0.255. The molecule has 2 fully saturated rings. The molecule has 3 nitrogen and oxygen atoms in total. The van der Waals surface area contributed by atoms with Gasteiger partial charge in [-0.2, -0.15) is 0 Å². The van der Waals surface area contributed by atoms with Gasteiger partial charge >= 0.3 is 0 Å². The summed E-state index contributed by atoms with van der Waals surface area (Å²) >= 11 is 1.89. The lowest BCUT2D eigenvalue weighted by Gasteiger charge is -2.27. The van der Waals surface area contributed by atoms with Gasteiger partial charge in [0.1, 0.15) is 0 Å². The number of nitrogens with one attached hydrogen (secondary N) is 1. The van der Waals surface area contributed by atoms with Gasteiger partial charge in [-0.05, 0) is 45.9 Å². The summed E-state index contributed by atoms with van der Waals surface area (Å²) in [6, 6.07) is 0. The van der Waals surface area contributed by atoms with Crippen LogP contribution in [0.5, 0.6) is 0 Å². The Morgan fingerprint density at radius 2 is 2.12 bits per heavy atom. The second-order valence-electron chi connectivity index (χ2n) is 5.38. The van der Waals surface area contributed by atoms with Gasteiger partial charge in [-0.3, -0.25) is 0 Å². The van der Waals surface area contributed by atoms with Crippen molar-refractivity contribution in [2.45, 2.75) is 31.1 Å². The minimum Gasteiger partial charge on any atom is -0.316 e. The molecule has 0 spiro atoms. The number of thiazole rings is 1. The average Bonchev–Trinajstić information content (AvgIpc) is 3.00. The molecule has 4 heteroatoms. The molecule has 0 radical (unpaired) electrons. The lowest BCUT2D eigenvalue weighted by atomic mass is 9.98. The summed E-state index contributed by atoms with van der Waals surface area (Å²) in [5, 5.41) is 7.11. The predicted molar refractivity (Wildman–Crippen MR) is 71.8 cm³/mol. The van der Waals surface area contributed by atoms with Crippen molar-refractivity contribution in [3.63, 3.8) is 0 Å². The van der Waals surface area contributed by atoms with Crippen molar-refractivity contribution in [1.82, 2.24) is 15.2 Å². The van der Waals surface area contributed by atoms with Crippen molar-refractivity contribution in [2.24, 2.45) is 0 Å². The summed E-state index contributed by atoms with van der Waals surface area (Å²) in [6.07, 6.45) is 3.83. The van der Waals surface area contributed by atoms with E-state index in [-0.39, 0.29) is 0 Å². The zero-order valence-electron chi connectivity index (χ0n) is 10.5. The zero-order valence-corrected chi connectivity index (χ0v) is 11.3. The molecule has 3 rings (SSSR count). The highest BCUT2D eigenvalue weighted by Crippen LogP contribution is 2.32. The van der Waals surface area contributed by atoms with Gasteiger partial charge in [-0.25, -0.2) is 4.98 Å². The second-order valence-corrected chi connectivity index (χ2v) is 6.27. The monoisotopic (exact) mass is 251 g/mol. The van der Waals surface area contributed by atoms with Crippen LogP contribution in [0.1, 0.15) is 41.8 Å². The van der Waals surface area contributed by atoms with Crippen molar-refractivity contribution in [3.8, 4) is 0 Å². The van der Waals surface area contributed by atoms with Crippen LogP contribution >= 0.6 is 11.3 Å². The van der Waals surface area contributed by atoms with Gasteiger partial charge < -0.3 is 10.2 Å². The Kier molecular flexibility index (Phi) is 3.45. The maximum atomic E-state index is 4.90. The topological polar surface area (TPSA) is 28.2 Å². The molecule has 0 saturated carbocycles. The summed E-state index contributed by atoms with van der Waals surface area (Å²) in [4.78, 5) is 7.32. The molecule has 1 aromatic rings. The molecule has 0 amide bonds. The van der Waals surface area contributed by atoms with Crippen molar-refractivity contribution in [1.29, 1.82) is 0 Å². The third-order valence-electron chi connectivity index (χ3n) is 4.09. The van der Waals surface area contributed by atoms with Crippen LogP contribution in [0.25, 0.3) is 0 Å². The first-order chi connectivity index (χ1) is 8.33. The number of hydrogen-bond donors (Lipinski definition) is 1. The Balaban J connectivity index is 1.67. The minimum atomic E-state index is 0.672. The fourth-order valence-corrected chi connectivity index (χ4v) is 3.91. The number of hydrogen-bond acceptors (Lipinski definition) is 4. The summed E-state index contributed by atoms with van der Waals surface area (Å²) in [6.45, 7) is 4.73. The van der Waals surface area contributed by atoms with Crippen molar-refractivity contribution < 1.29 is 0 Å². The third-order valence-corrected chi connectivity index (χ3v) is 5.11. The van der Waals surface area contributed by atoms with Gasteiger partial charge in [0.2, 0.25) is 0 Å². The summed E-state index contributed by atoms with van der Waals surface area (Å²) in [7, 11) is 2.22.